The molecule has 0 aliphatic carbocycles. The number of nitrogens with one attached hydrogen (secondary N) is 1. The third-order valence-corrected chi connectivity index (χ3v) is 6.44. The summed E-state index contributed by atoms with van der Waals surface area (Å²) in [6.45, 7) is 2.20. The van der Waals surface area contributed by atoms with Gasteiger partial charge in [-0.3, -0.25) is 0 Å². The summed E-state index contributed by atoms with van der Waals surface area (Å²) in [4.78, 5) is 1.44. The van der Waals surface area contributed by atoms with Gasteiger partial charge in [-0.2, -0.15) is 0 Å². The molecule has 0 spiro atoms. The minimum absolute atomic E-state index is 0.0993. The van der Waals surface area contributed by atoms with Crippen molar-refractivity contribution in [1.82, 2.24) is 0 Å². The Morgan fingerprint density at radius 2 is 1.26 bits per heavy atom. The lowest BCUT2D eigenvalue weighted by Crippen LogP contribution is -3.12. The van der Waals surface area contributed by atoms with Gasteiger partial charge in [-0.15, -0.1) is 0 Å². The van der Waals surface area contributed by atoms with Crippen molar-refractivity contribution in [2.75, 3.05) is 7.05 Å². The Kier molecular flexibility index (Phi) is 4.86. The van der Waals surface area contributed by atoms with Gasteiger partial charge in [0.1, 0.15) is 17.7 Å². The summed E-state index contributed by atoms with van der Waals surface area (Å²) >= 11 is 0. The molecule has 1 aliphatic rings. The van der Waals surface area contributed by atoms with E-state index in [0.29, 0.717) is 0 Å². The van der Waals surface area contributed by atoms with Crippen LogP contribution in [0.4, 0.5) is 0 Å². The number of aliphatic hydroxyl groups is 1. The van der Waals surface area contributed by atoms with Gasteiger partial charge in [-0.1, -0.05) is 97.9 Å². The SMILES string of the molecule is C[C@@H]1[C@H](c2ccccc2)[NH+](C)[C@H](c2ccccc2)C[C@]1(O)c1ccccc1. The smallest absolute Gasteiger partial charge is 0.119 e. The van der Waals surface area contributed by atoms with E-state index in [4.69, 9.17) is 0 Å². The van der Waals surface area contributed by atoms with Crippen molar-refractivity contribution >= 4 is 0 Å². The van der Waals surface area contributed by atoms with Crippen molar-refractivity contribution in [1.29, 1.82) is 0 Å². The lowest BCUT2D eigenvalue weighted by atomic mass is 9.68. The van der Waals surface area contributed by atoms with Crippen LogP contribution in [0.15, 0.2) is 91.0 Å². The van der Waals surface area contributed by atoms with Crippen molar-refractivity contribution in [3.63, 3.8) is 0 Å². The third-order valence-electron chi connectivity index (χ3n) is 6.44. The molecule has 3 aromatic rings. The van der Waals surface area contributed by atoms with E-state index >= 15 is 0 Å². The highest BCUT2D eigenvalue weighted by Gasteiger charge is 2.52. The van der Waals surface area contributed by atoms with Gasteiger partial charge in [0.25, 0.3) is 0 Å². The first kappa shape index (κ1) is 18.0. The van der Waals surface area contributed by atoms with E-state index in [0.717, 1.165) is 12.0 Å². The minimum atomic E-state index is -0.859. The molecule has 1 saturated heterocycles. The van der Waals surface area contributed by atoms with Gasteiger partial charge in [0.15, 0.2) is 0 Å². The molecule has 3 aromatic carbocycles. The molecule has 5 atom stereocenters. The summed E-state index contributed by atoms with van der Waals surface area (Å²) < 4.78 is 0. The van der Waals surface area contributed by atoms with Gasteiger partial charge in [0.2, 0.25) is 0 Å². The van der Waals surface area contributed by atoms with Crippen LogP contribution in [0.1, 0.15) is 42.1 Å². The van der Waals surface area contributed by atoms with Crippen molar-refractivity contribution in [3.05, 3.63) is 108 Å². The second-order valence-electron chi connectivity index (χ2n) is 7.88. The van der Waals surface area contributed by atoms with Crippen LogP contribution in [0.2, 0.25) is 0 Å². The second kappa shape index (κ2) is 7.30. The Labute approximate surface area is 162 Å². The van der Waals surface area contributed by atoms with Crippen LogP contribution in [-0.2, 0) is 5.60 Å². The van der Waals surface area contributed by atoms with Crippen molar-refractivity contribution < 1.29 is 10.0 Å². The first-order valence-electron chi connectivity index (χ1n) is 9.82. The predicted octanol–water partition coefficient (Wildman–Crippen LogP) is 3.91. The van der Waals surface area contributed by atoms with Gasteiger partial charge in [-0.25, -0.2) is 0 Å². The topological polar surface area (TPSA) is 24.7 Å². The standard InChI is InChI=1S/C25H27NO/c1-19-24(21-14-8-4-9-15-21)26(2)23(20-12-6-3-7-13-20)18-25(19,27)22-16-10-5-11-17-22/h3-17,19,23-24,27H,18H2,1-2H3/p+1/t19-,23+,24-,25-/m1/s1. The number of benzene rings is 3. The number of hydrogen-bond donors (Lipinski definition) is 2. The van der Waals surface area contributed by atoms with Crippen LogP contribution in [0, 0.1) is 5.92 Å². The van der Waals surface area contributed by atoms with E-state index in [1.165, 1.54) is 16.0 Å². The maximum absolute atomic E-state index is 12.0. The fourth-order valence-electron chi connectivity index (χ4n) is 4.93. The van der Waals surface area contributed by atoms with Crippen molar-refractivity contribution in [2.45, 2.75) is 31.0 Å². The largest absolute Gasteiger partial charge is 0.384 e. The Balaban J connectivity index is 1.84. The van der Waals surface area contributed by atoms with Crippen molar-refractivity contribution in [2.24, 2.45) is 5.92 Å². The van der Waals surface area contributed by atoms with Crippen LogP contribution < -0.4 is 4.90 Å². The van der Waals surface area contributed by atoms with Crippen LogP contribution in [0.3, 0.4) is 0 Å². The van der Waals surface area contributed by atoms with Crippen LogP contribution in [0.5, 0.6) is 0 Å². The summed E-state index contributed by atoms with van der Waals surface area (Å²) in [5.41, 5.74) is 2.74. The predicted molar refractivity (Wildman–Crippen MR) is 109 cm³/mol. The van der Waals surface area contributed by atoms with Crippen molar-refractivity contribution in [3.8, 4) is 0 Å². The van der Waals surface area contributed by atoms with Gasteiger partial charge < -0.3 is 10.0 Å². The molecule has 27 heavy (non-hydrogen) atoms. The maximum atomic E-state index is 12.0. The molecule has 1 aliphatic heterocycles. The number of quaternary nitrogens is 1. The van der Waals surface area contributed by atoms with E-state index in [1.807, 2.05) is 18.2 Å². The molecule has 2 N–H and O–H groups in total. The Hall–Kier alpha value is -2.42. The zero-order chi connectivity index (χ0) is 18.9. The Morgan fingerprint density at radius 3 is 1.81 bits per heavy atom. The number of likely N-dealkylation sites (tertiary alicyclic amines) is 1. The van der Waals surface area contributed by atoms with E-state index in [9.17, 15) is 5.11 Å². The lowest BCUT2D eigenvalue weighted by molar-refractivity contribution is -0.957. The first-order valence-corrected chi connectivity index (χ1v) is 9.82. The second-order valence-corrected chi connectivity index (χ2v) is 7.88. The van der Waals surface area contributed by atoms with Gasteiger partial charge in [-0.05, 0) is 5.56 Å². The monoisotopic (exact) mass is 358 g/mol. The minimum Gasteiger partial charge on any atom is -0.384 e. The Bertz CT molecular complexity index is 865. The van der Waals surface area contributed by atoms with E-state index in [-0.39, 0.29) is 18.0 Å². The summed E-state index contributed by atoms with van der Waals surface area (Å²) in [5, 5.41) is 12.0. The van der Waals surface area contributed by atoms with Crippen LogP contribution >= 0.6 is 0 Å². The molecule has 0 aromatic heterocycles. The molecule has 0 saturated carbocycles. The van der Waals surface area contributed by atoms with E-state index in [2.05, 4.69) is 86.8 Å². The quantitative estimate of drug-likeness (QED) is 0.729. The lowest BCUT2D eigenvalue weighted by Gasteiger charge is -2.49. The zero-order valence-electron chi connectivity index (χ0n) is 16.0. The average molecular weight is 359 g/mol. The summed E-state index contributed by atoms with van der Waals surface area (Å²) in [5.74, 6) is 0.0993. The molecule has 0 radical (unpaired) electrons. The van der Waals surface area contributed by atoms with Gasteiger partial charge >= 0.3 is 0 Å². The molecule has 4 rings (SSSR count). The summed E-state index contributed by atoms with van der Waals surface area (Å²) in [6.07, 6.45) is 0.720. The fourth-order valence-corrected chi connectivity index (χ4v) is 4.93. The summed E-state index contributed by atoms with van der Waals surface area (Å²) in [7, 11) is 2.27. The number of hydrogen-bond acceptors (Lipinski definition) is 1. The fraction of sp³-hybridized carbons (Fsp3) is 0.280. The average Bonchev–Trinajstić information content (AvgIpc) is 2.73. The molecular weight excluding hydrogens is 330 g/mol. The highest BCUT2D eigenvalue weighted by molar-refractivity contribution is 5.29. The molecule has 1 heterocycles. The maximum Gasteiger partial charge on any atom is 0.119 e. The molecule has 0 amide bonds. The molecule has 1 unspecified atom stereocenters. The molecule has 0 bridgehead atoms. The van der Waals surface area contributed by atoms with Crippen LogP contribution in [-0.4, -0.2) is 12.2 Å². The third kappa shape index (κ3) is 3.20. The highest BCUT2D eigenvalue weighted by Crippen LogP contribution is 2.45. The number of piperidine rings is 1. The normalized spacial score (nSPS) is 30.8. The molecule has 138 valence electrons. The van der Waals surface area contributed by atoms with E-state index < -0.39 is 5.60 Å². The zero-order valence-corrected chi connectivity index (χ0v) is 16.0. The highest BCUT2D eigenvalue weighted by atomic mass is 16.3. The van der Waals surface area contributed by atoms with Gasteiger partial charge in [0.05, 0.1) is 7.05 Å². The molecule has 2 heteroatoms. The molecule has 2 nitrogen and oxygen atoms in total. The summed E-state index contributed by atoms with van der Waals surface area (Å²) in [6, 6.07) is 32.0. The molecular formula is C25H28NO+. The molecule has 1 fully saturated rings. The first-order chi connectivity index (χ1) is 13.1. The van der Waals surface area contributed by atoms with Gasteiger partial charge in [0, 0.05) is 23.5 Å². The van der Waals surface area contributed by atoms with E-state index in [1.54, 1.807) is 0 Å². The Morgan fingerprint density at radius 1 is 0.778 bits per heavy atom. The number of rotatable bonds is 3. The van der Waals surface area contributed by atoms with Crippen LogP contribution in [0.25, 0.3) is 0 Å².